The van der Waals surface area contributed by atoms with E-state index in [1.165, 1.54) is 0 Å². The van der Waals surface area contributed by atoms with Gasteiger partial charge in [0.2, 0.25) is 0 Å². The van der Waals surface area contributed by atoms with Gasteiger partial charge in [-0.25, -0.2) is 0 Å². The van der Waals surface area contributed by atoms with Crippen LogP contribution in [-0.4, -0.2) is 21.1 Å². The largest absolute Gasteiger partial charge is 0.395 e. The number of H-pyrrole nitrogens is 1. The average molecular weight is 245 g/mol. The zero-order valence-electron chi connectivity index (χ0n) is 10.3. The number of carbonyl (C=O) groups excluding carboxylic acids is 1. The standard InChI is InChI=1S/C12H15N5O/c1-7-4-3-5-9(15-7)6-14-12(18)11-10(13)8(2)16-17-11/h3-5H,6,13H2,1-2H3,(H,14,18)(H,16,17). The van der Waals surface area contributed by atoms with E-state index in [0.717, 1.165) is 11.4 Å². The number of amides is 1. The molecule has 0 spiro atoms. The van der Waals surface area contributed by atoms with Crippen LogP contribution < -0.4 is 11.1 Å². The summed E-state index contributed by atoms with van der Waals surface area (Å²) in [4.78, 5) is 16.1. The Bertz CT molecular complexity index is 576. The first-order valence-electron chi connectivity index (χ1n) is 5.59. The van der Waals surface area contributed by atoms with E-state index in [2.05, 4.69) is 20.5 Å². The number of hydrogen-bond donors (Lipinski definition) is 3. The highest BCUT2D eigenvalue weighted by Gasteiger charge is 2.14. The molecule has 0 saturated carbocycles. The molecule has 0 bridgehead atoms. The molecule has 6 heteroatoms. The number of nitrogens with one attached hydrogen (secondary N) is 2. The second-order valence-electron chi connectivity index (χ2n) is 4.06. The highest BCUT2D eigenvalue weighted by molar-refractivity contribution is 5.97. The van der Waals surface area contributed by atoms with E-state index in [9.17, 15) is 4.79 Å². The molecule has 0 aromatic carbocycles. The normalized spacial score (nSPS) is 10.3. The summed E-state index contributed by atoms with van der Waals surface area (Å²) in [7, 11) is 0. The molecule has 2 rings (SSSR count). The summed E-state index contributed by atoms with van der Waals surface area (Å²) < 4.78 is 0. The fraction of sp³-hybridized carbons (Fsp3) is 0.250. The van der Waals surface area contributed by atoms with Crippen LogP contribution in [0, 0.1) is 13.8 Å². The molecule has 0 atom stereocenters. The summed E-state index contributed by atoms with van der Waals surface area (Å²) in [5.41, 5.74) is 8.73. The van der Waals surface area contributed by atoms with Crippen molar-refractivity contribution >= 4 is 11.6 Å². The fourth-order valence-electron chi connectivity index (χ4n) is 1.56. The maximum absolute atomic E-state index is 11.8. The van der Waals surface area contributed by atoms with E-state index >= 15 is 0 Å². The van der Waals surface area contributed by atoms with E-state index < -0.39 is 0 Å². The highest BCUT2D eigenvalue weighted by Crippen LogP contribution is 2.12. The third kappa shape index (κ3) is 2.48. The number of anilines is 1. The quantitative estimate of drug-likeness (QED) is 0.749. The van der Waals surface area contributed by atoms with Crippen LogP contribution in [0.15, 0.2) is 18.2 Å². The van der Waals surface area contributed by atoms with E-state index in [0.29, 0.717) is 17.9 Å². The Morgan fingerprint density at radius 3 is 2.83 bits per heavy atom. The van der Waals surface area contributed by atoms with Crippen molar-refractivity contribution in [3.63, 3.8) is 0 Å². The van der Waals surface area contributed by atoms with Gasteiger partial charge >= 0.3 is 0 Å². The lowest BCUT2D eigenvalue weighted by molar-refractivity contribution is 0.0946. The fourth-order valence-corrected chi connectivity index (χ4v) is 1.56. The second kappa shape index (κ2) is 4.87. The molecule has 0 aliphatic carbocycles. The first kappa shape index (κ1) is 12.1. The van der Waals surface area contributed by atoms with Crippen molar-refractivity contribution in [1.29, 1.82) is 0 Å². The molecule has 0 fully saturated rings. The van der Waals surface area contributed by atoms with Crippen LogP contribution in [0.25, 0.3) is 0 Å². The zero-order chi connectivity index (χ0) is 13.1. The molecule has 94 valence electrons. The molecule has 1 amide bonds. The molecule has 2 heterocycles. The molecule has 18 heavy (non-hydrogen) atoms. The number of aryl methyl sites for hydroxylation is 2. The molecular weight excluding hydrogens is 230 g/mol. The van der Waals surface area contributed by atoms with Crippen LogP contribution in [0.5, 0.6) is 0 Å². The smallest absolute Gasteiger partial charge is 0.274 e. The Morgan fingerprint density at radius 2 is 2.22 bits per heavy atom. The number of nitrogens with zero attached hydrogens (tertiary/aromatic N) is 2. The zero-order valence-corrected chi connectivity index (χ0v) is 10.3. The Labute approximate surface area is 105 Å². The number of hydrogen-bond acceptors (Lipinski definition) is 4. The van der Waals surface area contributed by atoms with Crippen molar-refractivity contribution in [2.75, 3.05) is 5.73 Å². The van der Waals surface area contributed by atoms with Crippen molar-refractivity contribution in [2.45, 2.75) is 20.4 Å². The molecule has 0 aliphatic heterocycles. The number of nitrogens with two attached hydrogens (primary N) is 1. The number of rotatable bonds is 3. The summed E-state index contributed by atoms with van der Waals surface area (Å²) in [6.45, 7) is 4.02. The third-order valence-corrected chi connectivity index (χ3v) is 2.59. The van der Waals surface area contributed by atoms with Gasteiger partial charge < -0.3 is 11.1 Å². The summed E-state index contributed by atoms with van der Waals surface area (Å²) >= 11 is 0. The van der Waals surface area contributed by atoms with Gasteiger partial charge in [0.05, 0.1) is 23.6 Å². The Morgan fingerprint density at radius 1 is 1.44 bits per heavy atom. The maximum Gasteiger partial charge on any atom is 0.274 e. The van der Waals surface area contributed by atoms with Gasteiger partial charge in [0.1, 0.15) is 0 Å². The van der Waals surface area contributed by atoms with Gasteiger partial charge in [0.25, 0.3) is 5.91 Å². The van der Waals surface area contributed by atoms with E-state index in [1.54, 1.807) is 6.92 Å². The maximum atomic E-state index is 11.8. The number of aromatic amines is 1. The van der Waals surface area contributed by atoms with Crippen LogP contribution in [0.3, 0.4) is 0 Å². The van der Waals surface area contributed by atoms with E-state index in [1.807, 2.05) is 25.1 Å². The van der Waals surface area contributed by atoms with Gasteiger partial charge in [-0.05, 0) is 26.0 Å². The molecule has 2 aromatic rings. The minimum atomic E-state index is -0.305. The minimum absolute atomic E-state index is 0.222. The van der Waals surface area contributed by atoms with Gasteiger partial charge in [-0.15, -0.1) is 0 Å². The Kier molecular flexibility index (Phi) is 3.27. The van der Waals surface area contributed by atoms with Crippen molar-refractivity contribution in [3.8, 4) is 0 Å². The Hall–Kier alpha value is -2.37. The minimum Gasteiger partial charge on any atom is -0.395 e. The first-order chi connectivity index (χ1) is 8.58. The van der Waals surface area contributed by atoms with Crippen molar-refractivity contribution < 1.29 is 4.79 Å². The number of carbonyl (C=O) groups is 1. The van der Waals surface area contributed by atoms with Gasteiger partial charge in [-0.2, -0.15) is 5.10 Å². The molecule has 0 radical (unpaired) electrons. The van der Waals surface area contributed by atoms with Crippen molar-refractivity contribution in [3.05, 3.63) is 41.0 Å². The van der Waals surface area contributed by atoms with Crippen LogP contribution >= 0.6 is 0 Å². The second-order valence-corrected chi connectivity index (χ2v) is 4.06. The van der Waals surface area contributed by atoms with Crippen molar-refractivity contribution in [1.82, 2.24) is 20.5 Å². The Balaban J connectivity index is 2.03. The number of nitrogen functional groups attached to an aromatic ring is 1. The van der Waals surface area contributed by atoms with Crippen molar-refractivity contribution in [2.24, 2.45) is 0 Å². The molecule has 6 nitrogen and oxygen atoms in total. The molecule has 2 aromatic heterocycles. The van der Waals surface area contributed by atoms with E-state index in [4.69, 9.17) is 5.73 Å². The third-order valence-electron chi connectivity index (χ3n) is 2.59. The lowest BCUT2D eigenvalue weighted by Crippen LogP contribution is -2.24. The lowest BCUT2D eigenvalue weighted by atomic mass is 10.3. The summed E-state index contributed by atoms with van der Waals surface area (Å²) in [5.74, 6) is -0.305. The van der Waals surface area contributed by atoms with Crippen LogP contribution in [0.1, 0.15) is 27.6 Å². The number of aromatic nitrogens is 3. The van der Waals surface area contributed by atoms with Gasteiger partial charge in [0, 0.05) is 5.69 Å². The highest BCUT2D eigenvalue weighted by atomic mass is 16.1. The number of pyridine rings is 1. The lowest BCUT2D eigenvalue weighted by Gasteiger charge is -2.04. The van der Waals surface area contributed by atoms with Crippen LogP contribution in [-0.2, 0) is 6.54 Å². The molecule has 0 unspecified atom stereocenters. The first-order valence-corrected chi connectivity index (χ1v) is 5.59. The topological polar surface area (TPSA) is 96.7 Å². The van der Waals surface area contributed by atoms with Gasteiger partial charge in [-0.3, -0.25) is 14.9 Å². The predicted octanol–water partition coefficient (Wildman–Crippen LogP) is 0.934. The summed E-state index contributed by atoms with van der Waals surface area (Å²) in [6.07, 6.45) is 0. The van der Waals surface area contributed by atoms with Crippen LogP contribution in [0.4, 0.5) is 5.69 Å². The summed E-state index contributed by atoms with van der Waals surface area (Å²) in [6, 6.07) is 5.66. The van der Waals surface area contributed by atoms with E-state index in [-0.39, 0.29) is 11.6 Å². The van der Waals surface area contributed by atoms with Gasteiger partial charge in [0.15, 0.2) is 5.69 Å². The van der Waals surface area contributed by atoms with Gasteiger partial charge in [-0.1, -0.05) is 6.07 Å². The molecular formula is C12H15N5O. The summed E-state index contributed by atoms with van der Waals surface area (Å²) in [5, 5.41) is 9.27. The molecule has 0 saturated heterocycles. The SMILES string of the molecule is Cc1cccc(CNC(=O)c2n[nH]c(C)c2N)n1. The predicted molar refractivity (Wildman–Crippen MR) is 67.9 cm³/mol. The average Bonchev–Trinajstić information content (AvgIpc) is 2.67. The molecule has 4 N–H and O–H groups in total. The van der Waals surface area contributed by atoms with Crippen LogP contribution in [0.2, 0.25) is 0 Å². The monoisotopic (exact) mass is 245 g/mol. The molecule has 0 aliphatic rings.